The third-order valence-corrected chi connectivity index (χ3v) is 2.88. The van der Waals surface area contributed by atoms with Crippen LogP contribution in [0.2, 0.25) is 0 Å². The Morgan fingerprint density at radius 1 is 1.69 bits per heavy atom. The molecule has 7 heteroatoms. The third-order valence-electron chi connectivity index (χ3n) is 1.62. The molecule has 1 aromatic rings. The lowest BCUT2D eigenvalue weighted by Crippen LogP contribution is -2.24. The van der Waals surface area contributed by atoms with E-state index in [9.17, 15) is 4.79 Å². The minimum Gasteiger partial charge on any atom is -0.495 e. The first-order valence-electron chi connectivity index (χ1n) is 4.16. The van der Waals surface area contributed by atoms with Crippen molar-refractivity contribution in [2.75, 3.05) is 7.11 Å². The number of carbonyl (C=O) groups is 1. The van der Waals surface area contributed by atoms with Crippen molar-refractivity contribution in [1.82, 2.24) is 5.43 Å². The second kappa shape index (κ2) is 6.04. The van der Waals surface area contributed by atoms with Gasteiger partial charge in [0.15, 0.2) is 0 Å². The number of carbonyl (C=O) groups excluding carboxylic acids is 1. The van der Waals surface area contributed by atoms with Crippen molar-refractivity contribution in [2.24, 2.45) is 10.8 Å². The zero-order chi connectivity index (χ0) is 12.1. The minimum atomic E-state index is -0.708. The van der Waals surface area contributed by atoms with Gasteiger partial charge >= 0.3 is 6.03 Å². The smallest absolute Gasteiger partial charge is 0.332 e. The van der Waals surface area contributed by atoms with Crippen molar-refractivity contribution in [3.05, 3.63) is 25.7 Å². The number of hydrazone groups is 1. The second-order valence-corrected chi connectivity index (χ2v) is 4.82. The monoisotopic (exact) mass is 397 g/mol. The number of ether oxygens (including phenoxy) is 1. The van der Waals surface area contributed by atoms with E-state index in [-0.39, 0.29) is 0 Å². The number of primary amides is 1. The van der Waals surface area contributed by atoms with Gasteiger partial charge in [-0.15, -0.1) is 0 Å². The van der Waals surface area contributed by atoms with E-state index in [1.807, 2.05) is 12.1 Å². The SMILES string of the molecule is COc1c(I)cc(Br)cc1/C=N/NC(N)=O. The van der Waals surface area contributed by atoms with Gasteiger partial charge in [0, 0.05) is 10.0 Å². The second-order valence-electron chi connectivity index (χ2n) is 2.74. The number of nitrogens with one attached hydrogen (secondary N) is 1. The van der Waals surface area contributed by atoms with E-state index in [0.717, 1.165) is 13.6 Å². The molecule has 0 saturated heterocycles. The lowest BCUT2D eigenvalue weighted by Gasteiger charge is -2.07. The number of benzene rings is 1. The van der Waals surface area contributed by atoms with Crippen molar-refractivity contribution in [1.29, 1.82) is 0 Å². The van der Waals surface area contributed by atoms with Gasteiger partial charge in [0.2, 0.25) is 0 Å². The Labute approximate surface area is 115 Å². The molecule has 0 aliphatic heterocycles. The van der Waals surface area contributed by atoms with Crippen LogP contribution in [0.25, 0.3) is 0 Å². The minimum absolute atomic E-state index is 0.693. The summed E-state index contributed by atoms with van der Waals surface area (Å²) in [5.41, 5.74) is 7.75. The van der Waals surface area contributed by atoms with Gasteiger partial charge in [-0.25, -0.2) is 10.2 Å². The normalized spacial score (nSPS) is 10.4. The fourth-order valence-corrected chi connectivity index (χ4v) is 2.83. The molecule has 3 N–H and O–H groups in total. The molecule has 2 amide bonds. The topological polar surface area (TPSA) is 76.7 Å². The molecular weight excluding hydrogens is 389 g/mol. The van der Waals surface area contributed by atoms with E-state index in [1.165, 1.54) is 6.21 Å². The predicted molar refractivity (Wildman–Crippen MR) is 73.7 cm³/mol. The predicted octanol–water partition coefficient (Wildman–Crippen LogP) is 2.06. The molecule has 16 heavy (non-hydrogen) atoms. The lowest BCUT2D eigenvalue weighted by molar-refractivity contribution is 0.249. The van der Waals surface area contributed by atoms with Crippen LogP contribution in [0, 0.1) is 3.57 Å². The highest BCUT2D eigenvalue weighted by Crippen LogP contribution is 2.28. The number of hydrogen-bond donors (Lipinski definition) is 2. The van der Waals surface area contributed by atoms with Crippen molar-refractivity contribution in [3.8, 4) is 5.75 Å². The van der Waals surface area contributed by atoms with E-state index < -0.39 is 6.03 Å². The van der Waals surface area contributed by atoms with Gasteiger partial charge in [-0.2, -0.15) is 5.10 Å². The van der Waals surface area contributed by atoms with Crippen molar-refractivity contribution in [3.63, 3.8) is 0 Å². The number of amides is 2. The van der Waals surface area contributed by atoms with Gasteiger partial charge < -0.3 is 10.5 Å². The number of urea groups is 1. The highest BCUT2D eigenvalue weighted by atomic mass is 127. The first-order chi connectivity index (χ1) is 7.54. The Kier molecular flexibility index (Phi) is 5.00. The van der Waals surface area contributed by atoms with Crippen LogP contribution in [-0.2, 0) is 0 Å². The van der Waals surface area contributed by atoms with Gasteiger partial charge in [0.1, 0.15) is 5.75 Å². The van der Waals surface area contributed by atoms with Crippen molar-refractivity contribution < 1.29 is 9.53 Å². The molecule has 0 atom stereocenters. The van der Waals surface area contributed by atoms with Crippen LogP contribution in [0.1, 0.15) is 5.56 Å². The van der Waals surface area contributed by atoms with E-state index in [4.69, 9.17) is 10.5 Å². The molecule has 0 unspecified atom stereocenters. The lowest BCUT2D eigenvalue weighted by atomic mass is 10.2. The molecule has 0 aliphatic rings. The summed E-state index contributed by atoms with van der Waals surface area (Å²) in [5, 5.41) is 3.68. The Hall–Kier alpha value is -0.830. The third kappa shape index (κ3) is 3.63. The summed E-state index contributed by atoms with van der Waals surface area (Å²) in [6.45, 7) is 0. The molecule has 5 nitrogen and oxygen atoms in total. The van der Waals surface area contributed by atoms with Crippen molar-refractivity contribution >= 4 is 50.8 Å². The molecule has 0 spiro atoms. The average Bonchev–Trinajstić information content (AvgIpc) is 2.16. The number of rotatable bonds is 3. The summed E-state index contributed by atoms with van der Waals surface area (Å²) in [7, 11) is 1.57. The Bertz CT molecular complexity index is 437. The fraction of sp³-hybridized carbons (Fsp3) is 0.111. The Morgan fingerprint density at radius 3 is 2.94 bits per heavy atom. The summed E-state index contributed by atoms with van der Waals surface area (Å²) in [5.74, 6) is 0.693. The summed E-state index contributed by atoms with van der Waals surface area (Å²) >= 11 is 5.51. The summed E-state index contributed by atoms with van der Waals surface area (Å²) in [6, 6.07) is 3.03. The molecule has 0 saturated carbocycles. The quantitative estimate of drug-likeness (QED) is 0.465. The van der Waals surface area contributed by atoms with Crippen LogP contribution >= 0.6 is 38.5 Å². The molecule has 0 aromatic heterocycles. The highest BCUT2D eigenvalue weighted by molar-refractivity contribution is 14.1. The van der Waals surface area contributed by atoms with Crippen LogP contribution in [0.15, 0.2) is 21.7 Å². The number of hydrogen-bond acceptors (Lipinski definition) is 3. The molecule has 0 heterocycles. The van der Waals surface area contributed by atoms with E-state index in [2.05, 4.69) is 49.0 Å². The maximum atomic E-state index is 10.4. The number of nitrogens with zero attached hydrogens (tertiary/aromatic N) is 1. The molecular formula is C9H9BrIN3O2. The van der Waals surface area contributed by atoms with Crippen LogP contribution in [0.5, 0.6) is 5.75 Å². The van der Waals surface area contributed by atoms with E-state index in [1.54, 1.807) is 7.11 Å². The molecule has 0 fully saturated rings. The molecule has 86 valence electrons. The standard InChI is InChI=1S/C9H9BrIN3O2/c1-16-8-5(4-13-14-9(12)15)2-6(10)3-7(8)11/h2-4H,1H3,(H3,12,14,15)/b13-4+. The molecule has 0 radical (unpaired) electrons. The average molecular weight is 398 g/mol. The number of methoxy groups -OCH3 is 1. The van der Waals surface area contributed by atoms with Crippen molar-refractivity contribution in [2.45, 2.75) is 0 Å². The first kappa shape index (κ1) is 13.2. The zero-order valence-corrected chi connectivity index (χ0v) is 12.1. The van der Waals surface area contributed by atoms with Crippen LogP contribution in [0.4, 0.5) is 4.79 Å². The largest absolute Gasteiger partial charge is 0.495 e. The zero-order valence-electron chi connectivity index (χ0n) is 8.33. The van der Waals surface area contributed by atoms with Crippen LogP contribution in [-0.4, -0.2) is 19.4 Å². The summed E-state index contributed by atoms with van der Waals surface area (Å²) in [4.78, 5) is 10.4. The molecule has 0 aliphatic carbocycles. The highest BCUT2D eigenvalue weighted by Gasteiger charge is 2.07. The van der Waals surface area contributed by atoms with Gasteiger partial charge in [-0.1, -0.05) is 15.9 Å². The van der Waals surface area contributed by atoms with Crippen LogP contribution in [0.3, 0.4) is 0 Å². The maximum Gasteiger partial charge on any atom is 0.332 e. The molecule has 0 bridgehead atoms. The Balaban J connectivity index is 3.02. The Morgan fingerprint density at radius 2 is 2.38 bits per heavy atom. The number of halogens is 2. The van der Waals surface area contributed by atoms with Gasteiger partial charge in [0.05, 0.1) is 16.9 Å². The van der Waals surface area contributed by atoms with E-state index in [0.29, 0.717) is 5.75 Å². The fourth-order valence-electron chi connectivity index (χ4n) is 1.06. The summed E-state index contributed by atoms with van der Waals surface area (Å²) < 4.78 is 7.07. The van der Waals surface area contributed by atoms with Gasteiger partial charge in [0.25, 0.3) is 0 Å². The first-order valence-corrected chi connectivity index (χ1v) is 6.03. The molecule has 1 aromatic carbocycles. The van der Waals surface area contributed by atoms with Gasteiger partial charge in [-0.3, -0.25) is 0 Å². The molecule has 1 rings (SSSR count). The number of nitrogens with two attached hydrogens (primary N) is 1. The summed E-state index contributed by atoms with van der Waals surface area (Å²) in [6.07, 6.45) is 1.47. The maximum absolute atomic E-state index is 10.4. The van der Waals surface area contributed by atoms with Gasteiger partial charge in [-0.05, 0) is 34.7 Å². The van der Waals surface area contributed by atoms with Crippen LogP contribution < -0.4 is 15.9 Å². The van der Waals surface area contributed by atoms with E-state index >= 15 is 0 Å².